The minimum Gasteiger partial charge on any atom is -0.493 e. The molecule has 0 unspecified atom stereocenters. The van der Waals surface area contributed by atoms with Gasteiger partial charge >= 0.3 is 0 Å². The van der Waals surface area contributed by atoms with Gasteiger partial charge in [-0.25, -0.2) is 0 Å². The lowest BCUT2D eigenvalue weighted by Gasteiger charge is -2.38. The van der Waals surface area contributed by atoms with E-state index in [9.17, 15) is 4.79 Å². The highest BCUT2D eigenvalue weighted by molar-refractivity contribution is 6.31. The lowest BCUT2D eigenvalue weighted by atomic mass is 9.68. The molecule has 0 N–H and O–H groups in total. The van der Waals surface area contributed by atoms with Gasteiger partial charge in [-0.2, -0.15) is 0 Å². The number of methoxy groups -OCH3 is 4. The van der Waals surface area contributed by atoms with Crippen LogP contribution < -0.4 is 23.7 Å². The van der Waals surface area contributed by atoms with Gasteiger partial charge in [-0.15, -0.1) is 0 Å². The summed E-state index contributed by atoms with van der Waals surface area (Å²) in [4.78, 5) is 14.1. The maximum Gasteiger partial charge on any atom is 0.185 e. The molecule has 0 saturated carbocycles. The quantitative estimate of drug-likeness (QED) is 0.526. The average molecular weight is 455 g/mol. The zero-order valence-electron chi connectivity index (χ0n) is 18.2. The molecule has 0 fully saturated rings. The van der Waals surface area contributed by atoms with Gasteiger partial charge in [0.1, 0.15) is 17.8 Å². The second-order valence-electron chi connectivity index (χ2n) is 7.30. The van der Waals surface area contributed by atoms with Crippen LogP contribution in [0.1, 0.15) is 21.5 Å². The monoisotopic (exact) mass is 454 g/mol. The van der Waals surface area contributed by atoms with E-state index in [-0.39, 0.29) is 12.4 Å². The molecule has 32 heavy (non-hydrogen) atoms. The van der Waals surface area contributed by atoms with Crippen molar-refractivity contribution < 1.29 is 28.5 Å². The Morgan fingerprint density at radius 2 is 1.28 bits per heavy atom. The second-order valence-corrected chi connectivity index (χ2v) is 7.74. The average Bonchev–Trinajstić information content (AvgIpc) is 2.84. The summed E-state index contributed by atoms with van der Waals surface area (Å²) in [5, 5.41) is 0.455. The fourth-order valence-electron chi connectivity index (χ4n) is 4.09. The smallest absolute Gasteiger partial charge is 0.185 e. The van der Waals surface area contributed by atoms with Crippen molar-refractivity contribution >= 4 is 17.4 Å². The van der Waals surface area contributed by atoms with E-state index in [0.717, 1.165) is 0 Å². The minimum absolute atomic E-state index is 0.0887. The molecule has 0 spiro atoms. The van der Waals surface area contributed by atoms with E-state index in [1.54, 1.807) is 70.9 Å². The first-order valence-electron chi connectivity index (χ1n) is 9.90. The molecule has 1 aliphatic rings. The number of benzene rings is 3. The number of Topliss-reactive ketones (excluding diaryl/α,β-unsaturated/α-hetero) is 1. The fraction of sp³-hybridized carbons (Fsp3) is 0.240. The lowest BCUT2D eigenvalue weighted by molar-refractivity contribution is 0.0817. The number of hydrogen-bond acceptors (Lipinski definition) is 6. The molecular formula is C25H23ClO6. The highest BCUT2D eigenvalue weighted by Gasteiger charge is 2.48. The Labute approximate surface area is 191 Å². The van der Waals surface area contributed by atoms with Gasteiger partial charge in [0.05, 0.1) is 34.0 Å². The Morgan fingerprint density at radius 3 is 1.78 bits per heavy atom. The molecule has 3 aromatic rings. The van der Waals surface area contributed by atoms with Crippen molar-refractivity contribution in [3.05, 3.63) is 76.3 Å². The van der Waals surface area contributed by atoms with Crippen LogP contribution in [0.2, 0.25) is 5.02 Å². The third kappa shape index (κ3) is 3.41. The van der Waals surface area contributed by atoms with Crippen LogP contribution in [0, 0.1) is 0 Å². The van der Waals surface area contributed by atoms with E-state index >= 15 is 0 Å². The number of ether oxygens (including phenoxy) is 5. The van der Waals surface area contributed by atoms with Gasteiger partial charge in [-0.3, -0.25) is 4.79 Å². The van der Waals surface area contributed by atoms with Crippen LogP contribution in [0.4, 0.5) is 0 Å². The second kappa shape index (κ2) is 8.63. The van der Waals surface area contributed by atoms with Crippen molar-refractivity contribution in [3.63, 3.8) is 0 Å². The van der Waals surface area contributed by atoms with Gasteiger partial charge in [-0.05, 0) is 53.6 Å². The Balaban J connectivity index is 1.99. The number of halogens is 1. The van der Waals surface area contributed by atoms with E-state index in [0.29, 0.717) is 50.5 Å². The molecule has 166 valence electrons. The summed E-state index contributed by atoms with van der Waals surface area (Å²) in [5.74, 6) is 2.50. The number of fused-ring (bicyclic) bond motifs is 1. The molecule has 0 radical (unpaired) electrons. The summed E-state index contributed by atoms with van der Waals surface area (Å²) < 4.78 is 27.9. The summed E-state index contributed by atoms with van der Waals surface area (Å²) in [6, 6.07) is 15.9. The van der Waals surface area contributed by atoms with Gasteiger partial charge in [0.2, 0.25) is 0 Å². The SMILES string of the molecule is COc1ccc(C2(c3ccc(OC)c(OC)c3)COc3ccc(Cl)cc3C2=O)cc1OC. The van der Waals surface area contributed by atoms with Crippen LogP contribution in [-0.4, -0.2) is 40.8 Å². The zero-order valence-corrected chi connectivity index (χ0v) is 19.0. The summed E-state index contributed by atoms with van der Waals surface area (Å²) >= 11 is 6.22. The van der Waals surface area contributed by atoms with Gasteiger partial charge in [0, 0.05) is 5.02 Å². The first-order chi connectivity index (χ1) is 15.5. The number of hydrogen-bond donors (Lipinski definition) is 0. The van der Waals surface area contributed by atoms with Gasteiger partial charge in [0.15, 0.2) is 28.8 Å². The van der Waals surface area contributed by atoms with Crippen molar-refractivity contribution in [1.82, 2.24) is 0 Å². The van der Waals surface area contributed by atoms with Crippen LogP contribution in [0.15, 0.2) is 54.6 Å². The highest BCUT2D eigenvalue weighted by Crippen LogP contribution is 2.46. The molecule has 7 heteroatoms. The van der Waals surface area contributed by atoms with Gasteiger partial charge < -0.3 is 23.7 Å². The predicted molar refractivity (Wildman–Crippen MR) is 121 cm³/mol. The highest BCUT2D eigenvalue weighted by atomic mass is 35.5. The number of ketones is 1. The Bertz CT molecular complexity index is 1120. The fourth-order valence-corrected chi connectivity index (χ4v) is 4.26. The van der Waals surface area contributed by atoms with Crippen molar-refractivity contribution in [2.75, 3.05) is 35.0 Å². The number of carbonyl (C=O) groups is 1. The van der Waals surface area contributed by atoms with Crippen LogP contribution in [0.25, 0.3) is 0 Å². The first-order valence-corrected chi connectivity index (χ1v) is 10.3. The number of carbonyl (C=O) groups excluding carboxylic acids is 1. The first kappa shape index (κ1) is 21.8. The van der Waals surface area contributed by atoms with E-state index in [2.05, 4.69) is 0 Å². The standard InChI is InChI=1S/C25H23ClO6/c1-28-20-8-5-15(11-22(20)30-3)25(16-6-9-21(29-2)23(12-16)31-4)14-32-19-10-7-17(26)13-18(19)24(25)27/h5-13H,14H2,1-4H3. The predicted octanol–water partition coefficient (Wildman–Crippen LogP) is 4.94. The Hall–Kier alpha value is -3.38. The lowest BCUT2D eigenvalue weighted by Crippen LogP contribution is -2.46. The topological polar surface area (TPSA) is 63.2 Å². The third-order valence-corrected chi connectivity index (χ3v) is 6.01. The van der Waals surface area contributed by atoms with Crippen LogP contribution in [-0.2, 0) is 5.41 Å². The van der Waals surface area contributed by atoms with Crippen LogP contribution in [0.3, 0.4) is 0 Å². The molecule has 0 amide bonds. The largest absolute Gasteiger partial charge is 0.493 e. The maximum atomic E-state index is 14.1. The Kier molecular flexibility index (Phi) is 5.89. The summed E-state index contributed by atoms with van der Waals surface area (Å²) in [6.45, 7) is 0.0887. The molecule has 1 heterocycles. The summed E-state index contributed by atoms with van der Waals surface area (Å²) in [5.41, 5.74) is 0.626. The molecule has 4 rings (SSSR count). The molecule has 6 nitrogen and oxygen atoms in total. The van der Waals surface area contributed by atoms with E-state index in [1.165, 1.54) is 0 Å². The molecule has 0 saturated heterocycles. The minimum atomic E-state index is -1.17. The molecule has 1 aliphatic heterocycles. The molecule has 0 bridgehead atoms. The van der Waals surface area contributed by atoms with Crippen molar-refractivity contribution in [2.24, 2.45) is 0 Å². The van der Waals surface area contributed by atoms with E-state index in [4.69, 9.17) is 35.3 Å². The number of rotatable bonds is 6. The van der Waals surface area contributed by atoms with Gasteiger partial charge in [0.25, 0.3) is 0 Å². The van der Waals surface area contributed by atoms with E-state index < -0.39 is 5.41 Å². The molecule has 0 atom stereocenters. The summed E-state index contributed by atoms with van der Waals surface area (Å²) in [7, 11) is 6.24. The normalized spacial score (nSPS) is 14.2. The summed E-state index contributed by atoms with van der Waals surface area (Å²) in [6.07, 6.45) is 0. The Morgan fingerprint density at radius 1 is 0.750 bits per heavy atom. The van der Waals surface area contributed by atoms with Crippen LogP contribution >= 0.6 is 11.6 Å². The van der Waals surface area contributed by atoms with Crippen molar-refractivity contribution in [2.45, 2.75) is 5.41 Å². The molecule has 0 aliphatic carbocycles. The van der Waals surface area contributed by atoms with Crippen molar-refractivity contribution in [3.8, 4) is 28.7 Å². The third-order valence-electron chi connectivity index (χ3n) is 5.77. The molecule has 3 aromatic carbocycles. The van der Waals surface area contributed by atoms with Crippen molar-refractivity contribution in [1.29, 1.82) is 0 Å². The molecular weight excluding hydrogens is 432 g/mol. The van der Waals surface area contributed by atoms with Gasteiger partial charge in [-0.1, -0.05) is 23.7 Å². The maximum absolute atomic E-state index is 14.1. The van der Waals surface area contributed by atoms with Crippen LogP contribution in [0.5, 0.6) is 28.7 Å². The van der Waals surface area contributed by atoms with E-state index in [1.807, 2.05) is 12.1 Å². The zero-order chi connectivity index (χ0) is 22.9. The molecule has 0 aromatic heterocycles.